The van der Waals surface area contributed by atoms with Gasteiger partial charge in [-0.1, -0.05) is 12.2 Å². The number of nitrogens with zero attached hydrogens (tertiary/aromatic N) is 2. The van der Waals surface area contributed by atoms with Gasteiger partial charge in [0.25, 0.3) is 0 Å². The molecule has 0 saturated carbocycles. The molecular formula is C10H15N3O2. The highest BCUT2D eigenvalue weighted by molar-refractivity contribution is 5.53. The topological polar surface area (TPSA) is 70.3 Å². The van der Waals surface area contributed by atoms with Crippen molar-refractivity contribution in [1.29, 1.82) is 0 Å². The van der Waals surface area contributed by atoms with Crippen molar-refractivity contribution < 1.29 is 9.47 Å². The summed E-state index contributed by atoms with van der Waals surface area (Å²) in [7, 11) is 3.07. The number of nitrogens with two attached hydrogens (primary N) is 1. The fourth-order valence-corrected chi connectivity index (χ4v) is 1.04. The van der Waals surface area contributed by atoms with E-state index in [0.717, 1.165) is 12.0 Å². The Morgan fingerprint density at radius 3 is 2.80 bits per heavy atom. The second-order valence-electron chi connectivity index (χ2n) is 2.80. The molecule has 0 aliphatic rings. The van der Waals surface area contributed by atoms with Crippen LogP contribution in [0.4, 0.5) is 0 Å². The largest absolute Gasteiger partial charge is 0.480 e. The van der Waals surface area contributed by atoms with Gasteiger partial charge >= 0.3 is 6.01 Å². The molecule has 5 heteroatoms. The number of aromatic nitrogens is 2. The van der Waals surface area contributed by atoms with Crippen LogP contribution in [0.3, 0.4) is 0 Å². The van der Waals surface area contributed by atoms with Crippen LogP contribution in [0.2, 0.25) is 0 Å². The Morgan fingerprint density at radius 2 is 2.20 bits per heavy atom. The second kappa shape index (κ2) is 5.98. The molecule has 82 valence electrons. The van der Waals surface area contributed by atoms with Gasteiger partial charge in [0, 0.05) is 6.20 Å². The van der Waals surface area contributed by atoms with Gasteiger partial charge in [-0.15, -0.1) is 0 Å². The van der Waals surface area contributed by atoms with Gasteiger partial charge in [0.1, 0.15) is 0 Å². The van der Waals surface area contributed by atoms with Crippen LogP contribution in [0.1, 0.15) is 12.0 Å². The maximum atomic E-state index is 5.38. The molecule has 0 spiro atoms. The Hall–Kier alpha value is -1.62. The Morgan fingerprint density at radius 1 is 1.40 bits per heavy atom. The summed E-state index contributed by atoms with van der Waals surface area (Å²) in [5.41, 5.74) is 6.19. The zero-order chi connectivity index (χ0) is 11.1. The predicted molar refractivity (Wildman–Crippen MR) is 57.8 cm³/mol. The molecule has 1 rings (SSSR count). The zero-order valence-corrected chi connectivity index (χ0v) is 8.93. The Bertz CT molecular complexity index is 339. The summed E-state index contributed by atoms with van der Waals surface area (Å²) in [6, 6.07) is 0.294. The van der Waals surface area contributed by atoms with Crippen molar-refractivity contribution in [2.75, 3.05) is 20.8 Å². The molecule has 0 aliphatic carbocycles. The highest BCUT2D eigenvalue weighted by Gasteiger charge is 2.04. The molecular weight excluding hydrogens is 194 g/mol. The summed E-state index contributed by atoms with van der Waals surface area (Å²) in [6.45, 7) is 0.621. The monoisotopic (exact) mass is 209 g/mol. The van der Waals surface area contributed by atoms with Gasteiger partial charge in [-0.25, -0.2) is 4.98 Å². The van der Waals surface area contributed by atoms with Gasteiger partial charge < -0.3 is 15.2 Å². The van der Waals surface area contributed by atoms with E-state index in [1.54, 1.807) is 13.3 Å². The van der Waals surface area contributed by atoms with Crippen molar-refractivity contribution in [2.24, 2.45) is 5.73 Å². The van der Waals surface area contributed by atoms with Gasteiger partial charge in [0.15, 0.2) is 0 Å². The van der Waals surface area contributed by atoms with Crippen molar-refractivity contribution in [3.63, 3.8) is 0 Å². The zero-order valence-electron chi connectivity index (χ0n) is 8.93. The summed E-state index contributed by atoms with van der Waals surface area (Å²) >= 11 is 0. The lowest BCUT2D eigenvalue weighted by Crippen LogP contribution is -1.98. The summed E-state index contributed by atoms with van der Waals surface area (Å²) < 4.78 is 10.00. The lowest BCUT2D eigenvalue weighted by molar-refractivity contribution is 0.351. The van der Waals surface area contributed by atoms with Gasteiger partial charge in [-0.05, 0) is 13.0 Å². The molecule has 0 saturated heterocycles. The number of methoxy groups -OCH3 is 2. The third-order valence-electron chi connectivity index (χ3n) is 1.76. The molecule has 1 aromatic rings. The third kappa shape index (κ3) is 3.21. The number of ether oxygens (including phenoxy) is 2. The predicted octanol–water partition coefficient (Wildman–Crippen LogP) is 0.856. The van der Waals surface area contributed by atoms with E-state index in [-0.39, 0.29) is 0 Å². The quantitative estimate of drug-likeness (QED) is 0.778. The molecule has 0 aliphatic heterocycles. The van der Waals surface area contributed by atoms with Crippen LogP contribution in [-0.4, -0.2) is 30.7 Å². The first-order valence-electron chi connectivity index (χ1n) is 4.63. The Kier molecular flexibility index (Phi) is 4.56. The van der Waals surface area contributed by atoms with E-state index in [9.17, 15) is 0 Å². The van der Waals surface area contributed by atoms with E-state index >= 15 is 0 Å². The second-order valence-corrected chi connectivity index (χ2v) is 2.80. The van der Waals surface area contributed by atoms with E-state index in [1.807, 2.05) is 12.2 Å². The summed E-state index contributed by atoms with van der Waals surface area (Å²) in [6.07, 6.45) is 6.30. The van der Waals surface area contributed by atoms with E-state index < -0.39 is 0 Å². The highest BCUT2D eigenvalue weighted by atomic mass is 16.5. The minimum absolute atomic E-state index is 0.294. The number of hydrogen-bond donors (Lipinski definition) is 1. The summed E-state index contributed by atoms with van der Waals surface area (Å²) in [5, 5.41) is 0. The van der Waals surface area contributed by atoms with Crippen LogP contribution in [0.5, 0.6) is 11.9 Å². The summed E-state index contributed by atoms with van der Waals surface area (Å²) in [4.78, 5) is 8.04. The average molecular weight is 209 g/mol. The Labute approximate surface area is 88.9 Å². The molecule has 2 N–H and O–H groups in total. The first-order valence-corrected chi connectivity index (χ1v) is 4.63. The molecule has 5 nitrogen and oxygen atoms in total. The molecule has 0 amide bonds. The number of hydrogen-bond acceptors (Lipinski definition) is 5. The maximum Gasteiger partial charge on any atom is 0.319 e. The lowest BCUT2D eigenvalue weighted by Gasteiger charge is -2.04. The molecule has 1 heterocycles. The van der Waals surface area contributed by atoms with Gasteiger partial charge in [0.05, 0.1) is 19.8 Å². The minimum Gasteiger partial charge on any atom is -0.480 e. The molecule has 0 unspecified atom stereocenters. The Balaban J connectivity index is 2.87. The molecule has 15 heavy (non-hydrogen) atoms. The van der Waals surface area contributed by atoms with Gasteiger partial charge in [0.2, 0.25) is 5.88 Å². The third-order valence-corrected chi connectivity index (χ3v) is 1.76. The van der Waals surface area contributed by atoms with Crippen molar-refractivity contribution in [3.05, 3.63) is 17.8 Å². The maximum absolute atomic E-state index is 5.38. The first kappa shape index (κ1) is 11.5. The molecule has 0 atom stereocenters. The van der Waals surface area contributed by atoms with Crippen molar-refractivity contribution in [3.8, 4) is 11.9 Å². The van der Waals surface area contributed by atoms with Crippen LogP contribution in [0, 0.1) is 0 Å². The molecule has 0 aromatic carbocycles. The van der Waals surface area contributed by atoms with Crippen molar-refractivity contribution in [1.82, 2.24) is 9.97 Å². The van der Waals surface area contributed by atoms with E-state index in [2.05, 4.69) is 9.97 Å². The highest BCUT2D eigenvalue weighted by Crippen LogP contribution is 2.18. The van der Waals surface area contributed by atoms with Crippen LogP contribution in [0.25, 0.3) is 6.08 Å². The molecule has 0 bridgehead atoms. The summed E-state index contributed by atoms with van der Waals surface area (Å²) in [5.74, 6) is 0.495. The fraction of sp³-hybridized carbons (Fsp3) is 0.400. The molecule has 0 radical (unpaired) electrons. The van der Waals surface area contributed by atoms with E-state index in [4.69, 9.17) is 15.2 Å². The minimum atomic E-state index is 0.294. The van der Waals surface area contributed by atoms with Crippen LogP contribution in [-0.2, 0) is 0 Å². The molecule has 1 aromatic heterocycles. The fourth-order valence-electron chi connectivity index (χ4n) is 1.04. The van der Waals surface area contributed by atoms with Crippen molar-refractivity contribution >= 4 is 6.08 Å². The van der Waals surface area contributed by atoms with E-state index in [0.29, 0.717) is 18.4 Å². The van der Waals surface area contributed by atoms with Crippen LogP contribution in [0.15, 0.2) is 12.3 Å². The number of rotatable bonds is 5. The smallest absolute Gasteiger partial charge is 0.319 e. The normalized spacial score (nSPS) is 10.6. The van der Waals surface area contributed by atoms with Gasteiger partial charge in [-0.2, -0.15) is 4.98 Å². The van der Waals surface area contributed by atoms with Crippen molar-refractivity contribution in [2.45, 2.75) is 6.42 Å². The average Bonchev–Trinajstić information content (AvgIpc) is 2.29. The molecule has 0 fully saturated rings. The lowest BCUT2D eigenvalue weighted by atomic mass is 10.2. The van der Waals surface area contributed by atoms with Gasteiger partial charge in [-0.3, -0.25) is 0 Å². The first-order chi connectivity index (χ1) is 7.31. The van der Waals surface area contributed by atoms with Crippen LogP contribution < -0.4 is 15.2 Å². The van der Waals surface area contributed by atoms with Crippen LogP contribution >= 0.6 is 0 Å². The standard InChI is InChI=1S/C10H15N3O2/c1-14-9-8(5-3-4-6-11)7-12-10(13-9)15-2/h3,5,7H,4,6,11H2,1-2H3. The SMILES string of the molecule is COc1ncc(C=CCCN)c(OC)n1. The van der Waals surface area contributed by atoms with E-state index in [1.165, 1.54) is 7.11 Å².